The number of piperazine rings is 1. The summed E-state index contributed by atoms with van der Waals surface area (Å²) in [6, 6.07) is 2.09. The molecule has 0 spiro atoms. The Morgan fingerprint density at radius 3 is 2.58 bits per heavy atom. The summed E-state index contributed by atoms with van der Waals surface area (Å²) >= 11 is 1.74. The third kappa shape index (κ3) is 3.78. The highest BCUT2D eigenvalue weighted by Gasteiger charge is 2.26. The summed E-state index contributed by atoms with van der Waals surface area (Å²) in [5.74, 6) is 0.119. The fraction of sp³-hybridized carbons (Fsp3) is 0.643. The molecule has 0 bridgehead atoms. The molecule has 2 rings (SSSR count). The van der Waals surface area contributed by atoms with Gasteiger partial charge in [-0.15, -0.1) is 0 Å². The topological polar surface area (TPSA) is 49.6 Å². The van der Waals surface area contributed by atoms with Crippen LogP contribution in [0.1, 0.15) is 19.4 Å². The molecule has 0 aliphatic carbocycles. The van der Waals surface area contributed by atoms with Crippen molar-refractivity contribution in [1.82, 2.24) is 9.80 Å². The molecule has 2 unspecified atom stereocenters. The van der Waals surface area contributed by atoms with Crippen molar-refractivity contribution in [3.63, 3.8) is 0 Å². The minimum Gasteiger partial charge on any atom is -0.340 e. The molecule has 1 aromatic rings. The van der Waals surface area contributed by atoms with Crippen molar-refractivity contribution in [3.05, 3.63) is 22.4 Å². The van der Waals surface area contributed by atoms with Gasteiger partial charge in [0.15, 0.2) is 0 Å². The molecule has 1 aliphatic rings. The molecule has 0 saturated carbocycles. The minimum atomic E-state index is -0.0802. The number of carbonyl (C=O) groups excluding carboxylic acids is 1. The van der Waals surface area contributed by atoms with Gasteiger partial charge in [0.1, 0.15) is 0 Å². The average molecular weight is 281 g/mol. The monoisotopic (exact) mass is 281 g/mol. The van der Waals surface area contributed by atoms with Crippen LogP contribution < -0.4 is 5.73 Å². The minimum absolute atomic E-state index is 0.0728. The predicted molar refractivity (Wildman–Crippen MR) is 79.0 cm³/mol. The maximum Gasteiger partial charge on any atom is 0.227 e. The largest absolute Gasteiger partial charge is 0.340 e. The Hall–Kier alpha value is -0.910. The number of nitrogens with two attached hydrogens (primary N) is 1. The summed E-state index contributed by atoms with van der Waals surface area (Å²) in [5, 5.41) is 4.30. The average Bonchev–Trinajstić information content (AvgIpc) is 2.90. The van der Waals surface area contributed by atoms with E-state index in [1.807, 2.05) is 18.7 Å². The van der Waals surface area contributed by atoms with Gasteiger partial charge in [0, 0.05) is 38.8 Å². The van der Waals surface area contributed by atoms with Crippen LogP contribution in [-0.2, 0) is 11.3 Å². The van der Waals surface area contributed by atoms with Crippen LogP contribution in [0.15, 0.2) is 16.8 Å². The van der Waals surface area contributed by atoms with Crippen molar-refractivity contribution in [2.24, 2.45) is 11.7 Å². The summed E-state index contributed by atoms with van der Waals surface area (Å²) in [4.78, 5) is 16.6. The fourth-order valence-electron chi connectivity index (χ4n) is 2.28. The van der Waals surface area contributed by atoms with Crippen LogP contribution in [0.3, 0.4) is 0 Å². The Labute approximate surface area is 119 Å². The molecular formula is C14H23N3OS. The molecule has 106 valence electrons. The Morgan fingerprint density at radius 2 is 2.05 bits per heavy atom. The van der Waals surface area contributed by atoms with Crippen LogP contribution in [0.25, 0.3) is 0 Å². The number of amides is 1. The van der Waals surface area contributed by atoms with E-state index in [9.17, 15) is 4.79 Å². The smallest absolute Gasteiger partial charge is 0.227 e. The van der Waals surface area contributed by atoms with E-state index in [0.717, 1.165) is 32.7 Å². The Kier molecular flexibility index (Phi) is 4.96. The van der Waals surface area contributed by atoms with Crippen LogP contribution in [0.4, 0.5) is 0 Å². The zero-order valence-electron chi connectivity index (χ0n) is 11.7. The number of thiophene rings is 1. The highest BCUT2D eigenvalue weighted by atomic mass is 32.1. The molecule has 0 aromatic carbocycles. The van der Waals surface area contributed by atoms with E-state index >= 15 is 0 Å². The molecule has 2 heterocycles. The zero-order chi connectivity index (χ0) is 13.8. The van der Waals surface area contributed by atoms with Crippen LogP contribution in [0.2, 0.25) is 0 Å². The molecule has 2 atom stereocenters. The highest BCUT2D eigenvalue weighted by molar-refractivity contribution is 7.07. The number of hydrogen-bond acceptors (Lipinski definition) is 4. The number of carbonyl (C=O) groups is 1. The normalized spacial score (nSPS) is 20.3. The van der Waals surface area contributed by atoms with Crippen LogP contribution in [0.5, 0.6) is 0 Å². The Bertz CT molecular complexity index is 397. The first-order chi connectivity index (χ1) is 9.08. The molecule has 1 fully saturated rings. The Morgan fingerprint density at radius 1 is 1.37 bits per heavy atom. The van der Waals surface area contributed by atoms with Gasteiger partial charge in [-0.3, -0.25) is 9.69 Å². The molecule has 19 heavy (non-hydrogen) atoms. The summed E-state index contributed by atoms with van der Waals surface area (Å²) in [7, 11) is 0. The first kappa shape index (κ1) is 14.5. The van der Waals surface area contributed by atoms with E-state index < -0.39 is 0 Å². The molecule has 1 saturated heterocycles. The Balaban J connectivity index is 1.80. The molecule has 5 heteroatoms. The quantitative estimate of drug-likeness (QED) is 0.907. The predicted octanol–water partition coefficient (Wildman–Crippen LogP) is 1.38. The van der Waals surface area contributed by atoms with E-state index in [0.29, 0.717) is 0 Å². The van der Waals surface area contributed by atoms with Crippen molar-refractivity contribution in [1.29, 1.82) is 0 Å². The first-order valence-electron chi connectivity index (χ1n) is 6.85. The lowest BCUT2D eigenvalue weighted by atomic mass is 10.0. The van der Waals surface area contributed by atoms with Crippen molar-refractivity contribution in [2.45, 2.75) is 26.4 Å². The van der Waals surface area contributed by atoms with Gasteiger partial charge in [0.2, 0.25) is 5.91 Å². The number of hydrogen-bond donors (Lipinski definition) is 1. The second-order valence-electron chi connectivity index (χ2n) is 5.38. The van der Waals surface area contributed by atoms with Gasteiger partial charge in [-0.1, -0.05) is 6.92 Å². The van der Waals surface area contributed by atoms with Crippen molar-refractivity contribution in [3.8, 4) is 0 Å². The highest BCUT2D eigenvalue weighted by Crippen LogP contribution is 2.13. The second kappa shape index (κ2) is 6.50. The molecule has 2 N–H and O–H groups in total. The van der Waals surface area contributed by atoms with Crippen LogP contribution in [-0.4, -0.2) is 47.9 Å². The van der Waals surface area contributed by atoms with E-state index in [2.05, 4.69) is 21.7 Å². The van der Waals surface area contributed by atoms with Gasteiger partial charge in [-0.25, -0.2) is 0 Å². The van der Waals surface area contributed by atoms with E-state index in [-0.39, 0.29) is 17.9 Å². The third-order valence-electron chi connectivity index (χ3n) is 3.85. The molecule has 1 amide bonds. The van der Waals surface area contributed by atoms with Gasteiger partial charge < -0.3 is 10.6 Å². The lowest BCUT2D eigenvalue weighted by molar-refractivity contribution is -0.137. The van der Waals surface area contributed by atoms with Gasteiger partial charge >= 0.3 is 0 Å². The van der Waals surface area contributed by atoms with Crippen molar-refractivity contribution < 1.29 is 4.79 Å². The van der Waals surface area contributed by atoms with Crippen LogP contribution >= 0.6 is 11.3 Å². The molecule has 1 aromatic heterocycles. The van der Waals surface area contributed by atoms with Crippen molar-refractivity contribution >= 4 is 17.2 Å². The standard InChI is InChI=1S/C14H23N3OS/c1-11(12(2)15)14(18)17-6-4-16(5-7-17)9-13-3-8-19-10-13/h3,8,10-12H,4-7,9,15H2,1-2H3. The van der Waals surface area contributed by atoms with E-state index in [4.69, 9.17) is 5.73 Å². The van der Waals surface area contributed by atoms with E-state index in [1.165, 1.54) is 5.56 Å². The van der Waals surface area contributed by atoms with E-state index in [1.54, 1.807) is 11.3 Å². The third-order valence-corrected chi connectivity index (χ3v) is 4.58. The van der Waals surface area contributed by atoms with Gasteiger partial charge in [0.25, 0.3) is 0 Å². The summed E-state index contributed by atoms with van der Waals surface area (Å²) < 4.78 is 0. The molecule has 1 aliphatic heterocycles. The SMILES string of the molecule is CC(N)C(C)C(=O)N1CCN(Cc2ccsc2)CC1. The molecule has 4 nitrogen and oxygen atoms in total. The van der Waals surface area contributed by atoms with Gasteiger partial charge in [0.05, 0.1) is 5.92 Å². The lowest BCUT2D eigenvalue weighted by Crippen LogP contribution is -2.51. The number of nitrogens with zero attached hydrogens (tertiary/aromatic N) is 2. The maximum atomic E-state index is 12.2. The summed E-state index contributed by atoms with van der Waals surface area (Å²) in [6.07, 6.45) is 0. The van der Waals surface area contributed by atoms with Gasteiger partial charge in [-0.2, -0.15) is 11.3 Å². The zero-order valence-corrected chi connectivity index (χ0v) is 12.5. The summed E-state index contributed by atoms with van der Waals surface area (Å²) in [6.45, 7) is 8.36. The van der Waals surface area contributed by atoms with Crippen LogP contribution in [0, 0.1) is 5.92 Å². The van der Waals surface area contributed by atoms with Crippen molar-refractivity contribution in [2.75, 3.05) is 26.2 Å². The van der Waals surface area contributed by atoms with Gasteiger partial charge in [-0.05, 0) is 29.3 Å². The summed E-state index contributed by atoms with van der Waals surface area (Å²) in [5.41, 5.74) is 7.17. The molecule has 0 radical (unpaired) electrons. The first-order valence-corrected chi connectivity index (χ1v) is 7.80. The second-order valence-corrected chi connectivity index (χ2v) is 6.16. The lowest BCUT2D eigenvalue weighted by Gasteiger charge is -2.36. The molecular weight excluding hydrogens is 258 g/mol. The maximum absolute atomic E-state index is 12.2. The number of rotatable bonds is 4. The fourth-order valence-corrected chi connectivity index (χ4v) is 2.94.